The number of anilines is 1. The van der Waals surface area contributed by atoms with Crippen molar-refractivity contribution in [2.75, 3.05) is 44.4 Å². The lowest BCUT2D eigenvalue weighted by molar-refractivity contribution is -0.123. The summed E-state index contributed by atoms with van der Waals surface area (Å²) in [4.78, 5) is 26.2. The first-order valence-corrected chi connectivity index (χ1v) is 13.8. The summed E-state index contributed by atoms with van der Waals surface area (Å²) < 4.78 is 30.6. The van der Waals surface area contributed by atoms with Crippen LogP contribution in [-0.4, -0.2) is 72.6 Å². The quantitative estimate of drug-likeness (QED) is 0.580. The lowest BCUT2D eigenvalue weighted by atomic mass is 9.92. The fourth-order valence-corrected chi connectivity index (χ4v) is 5.50. The van der Waals surface area contributed by atoms with Crippen molar-refractivity contribution < 1.29 is 17.9 Å². The van der Waals surface area contributed by atoms with Gasteiger partial charge >= 0.3 is 0 Å². The van der Waals surface area contributed by atoms with Crippen LogP contribution in [0.1, 0.15) is 31.4 Å². The van der Waals surface area contributed by atoms with E-state index in [0.29, 0.717) is 53.1 Å². The Labute approximate surface area is 205 Å². The molecule has 0 radical (unpaired) electrons. The predicted molar refractivity (Wildman–Crippen MR) is 130 cm³/mol. The molecule has 2 aromatic rings. The van der Waals surface area contributed by atoms with Crippen molar-refractivity contribution in [2.45, 2.75) is 32.1 Å². The van der Waals surface area contributed by atoms with Gasteiger partial charge in [-0.3, -0.25) is 14.8 Å². The molecule has 184 valence electrons. The van der Waals surface area contributed by atoms with Gasteiger partial charge in [0, 0.05) is 62.6 Å². The van der Waals surface area contributed by atoms with Gasteiger partial charge in [0.05, 0.1) is 29.4 Å². The van der Waals surface area contributed by atoms with E-state index in [0.717, 1.165) is 32.6 Å². The number of nitrogens with one attached hydrogen (secondary N) is 1. The largest absolute Gasteiger partial charge is 0.381 e. The van der Waals surface area contributed by atoms with Gasteiger partial charge in [-0.25, -0.2) is 17.7 Å². The summed E-state index contributed by atoms with van der Waals surface area (Å²) in [5, 5.41) is 3.78. The molecule has 0 bridgehead atoms. The molecule has 2 aliphatic heterocycles. The Morgan fingerprint density at radius 3 is 2.79 bits per heavy atom. The number of Topliss-reactive ketones (excluding diaryl/α,β-unsaturated/α-hetero) is 1. The summed E-state index contributed by atoms with van der Waals surface area (Å²) in [5.74, 6) is 0.853. The topological polar surface area (TPSA) is 114 Å². The van der Waals surface area contributed by atoms with Crippen molar-refractivity contribution in [3.63, 3.8) is 0 Å². The van der Waals surface area contributed by atoms with Gasteiger partial charge in [0.1, 0.15) is 11.6 Å². The first-order valence-electron chi connectivity index (χ1n) is 11.6. The third-order valence-corrected chi connectivity index (χ3v) is 7.97. The number of piperidine rings is 1. The summed E-state index contributed by atoms with van der Waals surface area (Å²) in [5.41, 5.74) is 1.82. The van der Waals surface area contributed by atoms with E-state index in [-0.39, 0.29) is 24.7 Å². The number of hydrogen-bond donors (Lipinski definition) is 1. The molecular formula is C23H30ClN5O4S. The predicted octanol–water partition coefficient (Wildman–Crippen LogP) is 2.81. The van der Waals surface area contributed by atoms with Crippen molar-refractivity contribution in [1.29, 1.82) is 0 Å². The second-order valence-electron chi connectivity index (χ2n) is 8.98. The van der Waals surface area contributed by atoms with Crippen LogP contribution >= 0.6 is 11.6 Å². The summed E-state index contributed by atoms with van der Waals surface area (Å²) in [6.45, 7) is 3.07. The number of sulfonamides is 1. The van der Waals surface area contributed by atoms with Crippen LogP contribution in [0.25, 0.3) is 11.3 Å². The summed E-state index contributed by atoms with van der Waals surface area (Å²) >= 11 is 6.41. The molecule has 11 heteroatoms. The number of halogens is 1. The summed E-state index contributed by atoms with van der Waals surface area (Å²) in [6.07, 6.45) is 9.53. The summed E-state index contributed by atoms with van der Waals surface area (Å²) in [7, 11) is -3.31. The minimum absolute atomic E-state index is 0.0212. The number of nitrogens with zero attached hydrogens (tertiary/aromatic N) is 4. The Bertz CT molecular complexity index is 1120. The Balaban J connectivity index is 1.44. The SMILES string of the molecule is CS(=O)(=O)N1CCC[C@@H](C(=O)Cc2cc(-c3cncc(NCC4CCOCC4)n3)c(Cl)cn2)C1. The average Bonchev–Trinajstić information content (AvgIpc) is 2.84. The average molecular weight is 508 g/mol. The third kappa shape index (κ3) is 6.50. The number of ketones is 1. The number of ether oxygens (including phenoxy) is 1. The second kappa shape index (κ2) is 11.1. The molecule has 1 N–H and O–H groups in total. The van der Waals surface area contributed by atoms with E-state index in [9.17, 15) is 13.2 Å². The molecule has 0 amide bonds. The molecule has 4 heterocycles. The van der Waals surface area contributed by atoms with Crippen LogP contribution < -0.4 is 5.32 Å². The molecule has 4 rings (SSSR count). The van der Waals surface area contributed by atoms with Crippen LogP contribution in [-0.2, 0) is 26.0 Å². The zero-order valence-electron chi connectivity index (χ0n) is 19.2. The minimum atomic E-state index is -3.31. The highest BCUT2D eigenvalue weighted by molar-refractivity contribution is 7.88. The molecule has 1 atom stereocenters. The fraction of sp³-hybridized carbons (Fsp3) is 0.565. The molecule has 0 aliphatic carbocycles. The van der Waals surface area contributed by atoms with E-state index in [1.807, 2.05) is 0 Å². The van der Waals surface area contributed by atoms with Gasteiger partial charge in [0.15, 0.2) is 0 Å². The van der Waals surface area contributed by atoms with Gasteiger partial charge in [-0.15, -0.1) is 0 Å². The summed E-state index contributed by atoms with van der Waals surface area (Å²) in [6, 6.07) is 1.77. The maximum absolute atomic E-state index is 12.9. The van der Waals surface area contributed by atoms with E-state index in [1.54, 1.807) is 18.5 Å². The van der Waals surface area contributed by atoms with Crippen molar-refractivity contribution in [3.05, 3.63) is 35.4 Å². The lowest BCUT2D eigenvalue weighted by Crippen LogP contribution is -2.42. The van der Waals surface area contributed by atoms with Crippen molar-refractivity contribution in [3.8, 4) is 11.3 Å². The van der Waals surface area contributed by atoms with E-state index in [1.165, 1.54) is 16.8 Å². The molecular weight excluding hydrogens is 478 g/mol. The Morgan fingerprint density at radius 2 is 2.03 bits per heavy atom. The van der Waals surface area contributed by atoms with Crippen LogP contribution in [0, 0.1) is 11.8 Å². The lowest BCUT2D eigenvalue weighted by Gasteiger charge is -2.30. The van der Waals surface area contributed by atoms with Gasteiger partial charge in [0.25, 0.3) is 0 Å². The van der Waals surface area contributed by atoms with Gasteiger partial charge < -0.3 is 10.1 Å². The Morgan fingerprint density at radius 1 is 1.24 bits per heavy atom. The third-order valence-electron chi connectivity index (χ3n) is 6.40. The number of pyridine rings is 1. The molecule has 0 aromatic carbocycles. The Hall–Kier alpha value is -2.14. The van der Waals surface area contributed by atoms with Gasteiger partial charge in [0.2, 0.25) is 10.0 Å². The van der Waals surface area contributed by atoms with E-state index >= 15 is 0 Å². The fourth-order valence-electron chi connectivity index (χ4n) is 4.38. The number of carbonyl (C=O) groups is 1. The zero-order chi connectivity index (χ0) is 24.1. The molecule has 0 saturated carbocycles. The van der Waals surface area contributed by atoms with Crippen LogP contribution in [0.4, 0.5) is 5.82 Å². The maximum atomic E-state index is 12.9. The van der Waals surface area contributed by atoms with E-state index < -0.39 is 10.0 Å². The molecule has 2 aromatic heterocycles. The van der Waals surface area contributed by atoms with Crippen molar-refractivity contribution in [2.24, 2.45) is 11.8 Å². The zero-order valence-corrected chi connectivity index (χ0v) is 20.8. The maximum Gasteiger partial charge on any atom is 0.211 e. The van der Waals surface area contributed by atoms with Gasteiger partial charge in [-0.05, 0) is 37.7 Å². The van der Waals surface area contributed by atoms with Crippen LogP contribution in [0.5, 0.6) is 0 Å². The first kappa shape index (κ1) is 25.0. The molecule has 2 fully saturated rings. The van der Waals surface area contributed by atoms with Crippen LogP contribution in [0.3, 0.4) is 0 Å². The number of hydrogen-bond acceptors (Lipinski definition) is 8. The highest BCUT2D eigenvalue weighted by atomic mass is 35.5. The highest BCUT2D eigenvalue weighted by Gasteiger charge is 2.30. The minimum Gasteiger partial charge on any atom is -0.381 e. The standard InChI is InChI=1S/C23H30ClN5O4S/c1-34(31,32)29-6-2-3-17(15-29)22(30)10-18-9-19(20(24)12-26-18)21-13-25-14-23(28-21)27-11-16-4-7-33-8-5-16/h9,12-14,16-17H,2-8,10-11,15H2,1H3,(H,27,28)/t17-/m1/s1. The number of aromatic nitrogens is 3. The number of carbonyl (C=O) groups excluding carboxylic acids is 1. The van der Waals surface area contributed by atoms with Gasteiger partial charge in [-0.1, -0.05) is 11.6 Å². The van der Waals surface area contributed by atoms with Crippen LogP contribution in [0.15, 0.2) is 24.7 Å². The number of rotatable bonds is 8. The first-order chi connectivity index (χ1) is 16.3. The van der Waals surface area contributed by atoms with Crippen molar-refractivity contribution in [1.82, 2.24) is 19.3 Å². The molecule has 0 spiro atoms. The monoisotopic (exact) mass is 507 g/mol. The molecule has 0 unspecified atom stereocenters. The highest BCUT2D eigenvalue weighted by Crippen LogP contribution is 2.28. The van der Waals surface area contributed by atoms with Crippen molar-refractivity contribution >= 4 is 33.2 Å². The molecule has 2 saturated heterocycles. The second-order valence-corrected chi connectivity index (χ2v) is 11.4. The molecule has 2 aliphatic rings. The van der Waals surface area contributed by atoms with Crippen LogP contribution in [0.2, 0.25) is 5.02 Å². The Kier molecular flexibility index (Phi) is 8.13. The van der Waals surface area contributed by atoms with E-state index in [4.69, 9.17) is 16.3 Å². The molecule has 9 nitrogen and oxygen atoms in total. The molecule has 34 heavy (non-hydrogen) atoms. The smallest absolute Gasteiger partial charge is 0.211 e. The van der Waals surface area contributed by atoms with Gasteiger partial charge in [-0.2, -0.15) is 0 Å². The van der Waals surface area contributed by atoms with E-state index in [2.05, 4.69) is 20.3 Å². The normalized spacial score (nSPS) is 20.2.